The average molecular weight is 262 g/mol. The van der Waals surface area contributed by atoms with Gasteiger partial charge in [-0.3, -0.25) is 9.59 Å². The number of nitrogens with one attached hydrogen (secondary N) is 1. The average Bonchev–Trinajstić information content (AvgIpc) is 2.70. The van der Waals surface area contributed by atoms with Gasteiger partial charge in [0.1, 0.15) is 0 Å². The van der Waals surface area contributed by atoms with E-state index >= 15 is 0 Å². The van der Waals surface area contributed by atoms with Gasteiger partial charge in [-0.25, -0.2) is 4.79 Å². The third-order valence-electron chi connectivity index (χ3n) is 2.78. The van der Waals surface area contributed by atoms with Crippen molar-refractivity contribution in [1.82, 2.24) is 10.4 Å². The van der Waals surface area contributed by atoms with Gasteiger partial charge in [-0.2, -0.15) is 0 Å². The van der Waals surface area contributed by atoms with Gasteiger partial charge in [-0.05, 0) is 6.42 Å². The van der Waals surface area contributed by atoms with Crippen molar-refractivity contribution in [1.29, 1.82) is 0 Å². The lowest BCUT2D eigenvalue weighted by atomic mass is 10.2. The van der Waals surface area contributed by atoms with Crippen LogP contribution in [0.4, 0.5) is 0 Å². The SMILES string of the molecule is O=C1CCCC(=O)ON2C(=O)CC/C2=C/C#CCN1. The molecule has 2 aliphatic heterocycles. The molecule has 0 unspecified atom stereocenters. The van der Waals surface area contributed by atoms with Crippen LogP contribution in [0.1, 0.15) is 32.1 Å². The second-order valence-electron chi connectivity index (χ2n) is 4.24. The Balaban J connectivity index is 2.14. The fraction of sp³-hybridized carbons (Fsp3) is 0.462. The zero-order chi connectivity index (χ0) is 13.7. The normalized spacial score (nSPS) is 23.5. The van der Waals surface area contributed by atoms with Crippen molar-refractivity contribution >= 4 is 17.8 Å². The Hall–Kier alpha value is -2.29. The topological polar surface area (TPSA) is 75.7 Å². The first-order chi connectivity index (χ1) is 9.16. The second kappa shape index (κ2) is 6.05. The molecule has 0 aliphatic carbocycles. The van der Waals surface area contributed by atoms with Gasteiger partial charge in [-0.1, -0.05) is 11.8 Å². The van der Waals surface area contributed by atoms with Crippen LogP contribution in [0, 0.1) is 11.8 Å². The number of hydrogen-bond donors (Lipinski definition) is 1. The Morgan fingerprint density at radius 3 is 2.84 bits per heavy atom. The van der Waals surface area contributed by atoms with E-state index in [4.69, 9.17) is 4.84 Å². The Kier molecular flexibility index (Phi) is 4.18. The first-order valence-corrected chi connectivity index (χ1v) is 6.14. The smallest absolute Gasteiger partial charge is 0.333 e. The number of rotatable bonds is 0. The number of hydroxylamine groups is 2. The van der Waals surface area contributed by atoms with Gasteiger partial charge in [-0.15, -0.1) is 5.06 Å². The third-order valence-corrected chi connectivity index (χ3v) is 2.78. The number of nitrogens with zero attached hydrogens (tertiary/aromatic N) is 1. The van der Waals surface area contributed by atoms with Gasteiger partial charge < -0.3 is 10.2 Å². The maximum absolute atomic E-state index is 11.6. The summed E-state index contributed by atoms with van der Waals surface area (Å²) in [6.45, 7) is 0.255. The molecule has 6 heteroatoms. The Morgan fingerprint density at radius 1 is 1.16 bits per heavy atom. The summed E-state index contributed by atoms with van der Waals surface area (Å²) >= 11 is 0. The molecule has 0 bridgehead atoms. The van der Waals surface area contributed by atoms with Gasteiger partial charge in [0.25, 0.3) is 5.91 Å². The Labute approximate surface area is 110 Å². The highest BCUT2D eigenvalue weighted by molar-refractivity contribution is 5.82. The molecule has 100 valence electrons. The number of carbonyl (C=O) groups is 3. The van der Waals surface area contributed by atoms with Crippen LogP contribution >= 0.6 is 0 Å². The highest BCUT2D eigenvalue weighted by atomic mass is 16.7. The molecule has 2 amide bonds. The minimum absolute atomic E-state index is 0.103. The van der Waals surface area contributed by atoms with Crippen molar-refractivity contribution in [3.8, 4) is 11.8 Å². The van der Waals surface area contributed by atoms with Gasteiger partial charge >= 0.3 is 5.97 Å². The lowest BCUT2D eigenvalue weighted by molar-refractivity contribution is -0.186. The molecule has 2 aliphatic rings. The van der Waals surface area contributed by atoms with E-state index in [1.54, 1.807) is 6.08 Å². The molecule has 0 aromatic carbocycles. The molecule has 1 saturated heterocycles. The predicted octanol–water partition coefficient (Wildman–Crippen LogP) is 0.254. The van der Waals surface area contributed by atoms with E-state index in [9.17, 15) is 14.4 Å². The molecule has 0 atom stereocenters. The summed E-state index contributed by atoms with van der Waals surface area (Å²) in [5.74, 6) is 4.59. The molecule has 0 radical (unpaired) electrons. The van der Waals surface area contributed by atoms with Crippen molar-refractivity contribution in [2.75, 3.05) is 6.54 Å². The standard InChI is InChI=1S/C13H14N2O4/c16-11-5-3-6-13(18)19-15-10(7-8-12(15)17)4-1-2-9-14-11/h4H,3,5-9H2,(H,14,16)/b10-4-. The second-order valence-corrected chi connectivity index (χ2v) is 4.24. The van der Waals surface area contributed by atoms with E-state index in [1.165, 1.54) is 0 Å². The minimum atomic E-state index is -0.513. The molecule has 0 aromatic heterocycles. The van der Waals surface area contributed by atoms with Crippen molar-refractivity contribution in [3.63, 3.8) is 0 Å². The van der Waals surface area contributed by atoms with Gasteiger partial charge in [0, 0.05) is 31.8 Å². The number of amides is 2. The van der Waals surface area contributed by atoms with Crippen LogP contribution in [0.2, 0.25) is 0 Å². The fourth-order valence-electron chi connectivity index (χ4n) is 1.80. The quantitative estimate of drug-likeness (QED) is 0.635. The van der Waals surface area contributed by atoms with Crippen LogP contribution in [0.3, 0.4) is 0 Å². The molecule has 6 nitrogen and oxygen atoms in total. The lowest BCUT2D eigenvalue weighted by Gasteiger charge is -2.15. The van der Waals surface area contributed by atoms with Crippen LogP contribution in [-0.4, -0.2) is 29.4 Å². The lowest BCUT2D eigenvalue weighted by Crippen LogP contribution is -2.27. The zero-order valence-electron chi connectivity index (χ0n) is 10.4. The van der Waals surface area contributed by atoms with Gasteiger partial charge in [0.05, 0.1) is 12.2 Å². The molecule has 19 heavy (non-hydrogen) atoms. The van der Waals surface area contributed by atoms with Crippen LogP contribution in [0.5, 0.6) is 0 Å². The van der Waals surface area contributed by atoms with Crippen molar-refractivity contribution in [2.45, 2.75) is 32.1 Å². The molecule has 0 aromatic rings. The molecular formula is C13H14N2O4. The predicted molar refractivity (Wildman–Crippen MR) is 64.9 cm³/mol. The highest BCUT2D eigenvalue weighted by Gasteiger charge is 2.29. The van der Waals surface area contributed by atoms with Crippen LogP contribution in [0.25, 0.3) is 0 Å². The van der Waals surface area contributed by atoms with E-state index in [2.05, 4.69) is 17.2 Å². The summed E-state index contributed by atoms with van der Waals surface area (Å²) in [5, 5.41) is 3.65. The van der Waals surface area contributed by atoms with E-state index in [-0.39, 0.29) is 31.2 Å². The van der Waals surface area contributed by atoms with Gasteiger partial charge in [0.15, 0.2) is 0 Å². The number of hydrogen-bond acceptors (Lipinski definition) is 4. The maximum Gasteiger partial charge on any atom is 0.333 e. The highest BCUT2D eigenvalue weighted by Crippen LogP contribution is 2.22. The molecule has 1 N–H and O–H groups in total. The number of fused-ring (bicyclic) bond motifs is 1. The van der Waals surface area contributed by atoms with E-state index in [1.807, 2.05) is 0 Å². The summed E-state index contributed by atoms with van der Waals surface area (Å²) in [7, 11) is 0. The van der Waals surface area contributed by atoms with Crippen molar-refractivity contribution in [3.05, 3.63) is 11.8 Å². The number of allylic oxidation sites excluding steroid dienone is 2. The zero-order valence-corrected chi connectivity index (χ0v) is 10.4. The van der Waals surface area contributed by atoms with Crippen LogP contribution in [0.15, 0.2) is 11.8 Å². The fourth-order valence-corrected chi connectivity index (χ4v) is 1.80. The molecule has 0 spiro atoms. The summed E-state index contributed by atoms with van der Waals surface area (Å²) in [5.41, 5.74) is 0.580. The molecule has 2 rings (SSSR count). The molecule has 2 heterocycles. The van der Waals surface area contributed by atoms with Crippen molar-refractivity contribution < 1.29 is 19.2 Å². The van der Waals surface area contributed by atoms with Crippen LogP contribution in [-0.2, 0) is 19.2 Å². The van der Waals surface area contributed by atoms with Crippen LogP contribution < -0.4 is 5.32 Å². The third kappa shape index (κ3) is 3.58. The van der Waals surface area contributed by atoms with Crippen molar-refractivity contribution in [2.24, 2.45) is 0 Å². The minimum Gasteiger partial charge on any atom is -0.345 e. The van der Waals surface area contributed by atoms with E-state index < -0.39 is 5.97 Å². The summed E-state index contributed by atoms with van der Waals surface area (Å²) in [6, 6.07) is 0. The molecule has 1 fully saturated rings. The molecular weight excluding hydrogens is 248 g/mol. The summed E-state index contributed by atoms with van der Waals surface area (Å²) < 4.78 is 0. The summed E-state index contributed by atoms with van der Waals surface area (Å²) in [6.07, 6.45) is 3.10. The Morgan fingerprint density at radius 2 is 2.00 bits per heavy atom. The van der Waals surface area contributed by atoms with E-state index in [0.717, 1.165) is 5.06 Å². The monoisotopic (exact) mass is 262 g/mol. The maximum atomic E-state index is 11.6. The van der Waals surface area contributed by atoms with E-state index in [0.29, 0.717) is 25.0 Å². The first kappa shape index (κ1) is 13.1. The number of carbonyl (C=O) groups excluding carboxylic acids is 3. The van der Waals surface area contributed by atoms with Gasteiger partial charge in [0.2, 0.25) is 5.91 Å². The Bertz CT molecular complexity index is 499. The molecule has 0 saturated carbocycles. The first-order valence-electron chi connectivity index (χ1n) is 6.14. The largest absolute Gasteiger partial charge is 0.345 e. The summed E-state index contributed by atoms with van der Waals surface area (Å²) in [4.78, 5) is 39.5.